The largest absolute Gasteiger partial charge is 0.341 e. The summed E-state index contributed by atoms with van der Waals surface area (Å²) in [6.07, 6.45) is 0.958. The van der Waals surface area contributed by atoms with Crippen molar-refractivity contribution in [1.82, 2.24) is 4.90 Å². The van der Waals surface area contributed by atoms with Crippen molar-refractivity contribution in [3.05, 3.63) is 0 Å². The highest BCUT2D eigenvalue weighted by molar-refractivity contribution is 7.59. The summed E-state index contributed by atoms with van der Waals surface area (Å²) in [6, 6.07) is 0.217. The Labute approximate surface area is 68.0 Å². The van der Waals surface area contributed by atoms with Gasteiger partial charge < -0.3 is 10.6 Å². The van der Waals surface area contributed by atoms with Gasteiger partial charge >= 0.3 is 0 Å². The third kappa shape index (κ3) is 2.19. The van der Waals surface area contributed by atoms with Crippen LogP contribution in [0, 0.1) is 0 Å². The van der Waals surface area contributed by atoms with E-state index in [9.17, 15) is 4.79 Å². The zero-order valence-corrected chi connectivity index (χ0v) is 7.13. The van der Waals surface area contributed by atoms with E-state index in [0.717, 1.165) is 19.5 Å². The molecule has 0 radical (unpaired) electrons. The van der Waals surface area contributed by atoms with E-state index < -0.39 is 0 Å². The van der Waals surface area contributed by atoms with Crippen LogP contribution in [-0.2, 0) is 4.79 Å². The Hall–Kier alpha value is -0.220. The van der Waals surface area contributed by atoms with Crippen LogP contribution < -0.4 is 5.73 Å². The maximum absolute atomic E-state index is 10.7. The monoisotopic (exact) mass is 162 g/mol. The standard InChI is InChI=1S/C6H12N2O.H2S/c1-5(9)8-3-2-6(7)4-8;/h6H,2-4,7H2,1H3;1H2. The summed E-state index contributed by atoms with van der Waals surface area (Å²) in [5, 5.41) is 0. The van der Waals surface area contributed by atoms with E-state index in [1.807, 2.05) is 0 Å². The Morgan fingerprint density at radius 2 is 2.30 bits per heavy atom. The van der Waals surface area contributed by atoms with Crippen LogP contribution in [0.3, 0.4) is 0 Å². The van der Waals surface area contributed by atoms with Crippen molar-refractivity contribution in [2.75, 3.05) is 13.1 Å². The van der Waals surface area contributed by atoms with E-state index in [1.54, 1.807) is 11.8 Å². The van der Waals surface area contributed by atoms with Gasteiger partial charge in [-0.3, -0.25) is 4.79 Å². The average Bonchev–Trinajstić information content (AvgIpc) is 2.14. The van der Waals surface area contributed by atoms with Crippen molar-refractivity contribution in [3.63, 3.8) is 0 Å². The Morgan fingerprint density at radius 1 is 1.70 bits per heavy atom. The smallest absolute Gasteiger partial charge is 0.219 e. The molecule has 0 spiro atoms. The number of hydrogen-bond acceptors (Lipinski definition) is 2. The molecule has 1 aliphatic heterocycles. The number of nitrogens with two attached hydrogens (primary N) is 1. The highest BCUT2D eigenvalue weighted by Gasteiger charge is 2.20. The van der Waals surface area contributed by atoms with Gasteiger partial charge in [0.05, 0.1) is 0 Å². The molecule has 60 valence electrons. The molecule has 1 heterocycles. The molecule has 1 saturated heterocycles. The van der Waals surface area contributed by atoms with E-state index in [0.29, 0.717) is 0 Å². The molecule has 1 aliphatic rings. The van der Waals surface area contributed by atoms with Crippen molar-refractivity contribution < 1.29 is 4.79 Å². The number of carbonyl (C=O) groups is 1. The minimum atomic E-state index is 0. The summed E-state index contributed by atoms with van der Waals surface area (Å²) in [7, 11) is 0. The minimum Gasteiger partial charge on any atom is -0.341 e. The summed E-state index contributed by atoms with van der Waals surface area (Å²) < 4.78 is 0. The predicted molar refractivity (Wildman–Crippen MR) is 45.2 cm³/mol. The number of amides is 1. The quantitative estimate of drug-likeness (QED) is 0.530. The lowest BCUT2D eigenvalue weighted by Crippen LogP contribution is -2.29. The van der Waals surface area contributed by atoms with E-state index in [-0.39, 0.29) is 25.4 Å². The number of likely N-dealkylation sites (tertiary alicyclic amines) is 1. The topological polar surface area (TPSA) is 46.3 Å². The van der Waals surface area contributed by atoms with E-state index in [1.165, 1.54) is 0 Å². The van der Waals surface area contributed by atoms with Crippen molar-refractivity contribution in [2.45, 2.75) is 19.4 Å². The SMILES string of the molecule is CC(=O)N1CCC(N)C1.S. The first-order valence-electron chi connectivity index (χ1n) is 3.21. The van der Waals surface area contributed by atoms with Crippen molar-refractivity contribution in [3.8, 4) is 0 Å². The van der Waals surface area contributed by atoms with Crippen LogP contribution in [0.5, 0.6) is 0 Å². The molecule has 2 N–H and O–H groups in total. The van der Waals surface area contributed by atoms with Crippen LogP contribution in [0.4, 0.5) is 0 Å². The molecule has 10 heavy (non-hydrogen) atoms. The lowest BCUT2D eigenvalue weighted by molar-refractivity contribution is -0.127. The molecule has 0 aromatic rings. The molecule has 0 aromatic heterocycles. The molecule has 0 aromatic carbocycles. The Bertz CT molecular complexity index is 129. The summed E-state index contributed by atoms with van der Waals surface area (Å²) in [6.45, 7) is 3.17. The lowest BCUT2D eigenvalue weighted by atomic mass is 10.3. The van der Waals surface area contributed by atoms with Crippen LogP contribution in [0.25, 0.3) is 0 Å². The fourth-order valence-electron chi connectivity index (χ4n) is 1.07. The zero-order chi connectivity index (χ0) is 6.85. The van der Waals surface area contributed by atoms with Crippen molar-refractivity contribution >= 4 is 19.4 Å². The first-order valence-corrected chi connectivity index (χ1v) is 3.21. The van der Waals surface area contributed by atoms with Gasteiger partial charge in [0.2, 0.25) is 5.91 Å². The first-order chi connectivity index (χ1) is 4.20. The van der Waals surface area contributed by atoms with Crippen LogP contribution in [-0.4, -0.2) is 29.9 Å². The van der Waals surface area contributed by atoms with E-state index in [4.69, 9.17) is 5.73 Å². The Kier molecular flexibility index (Phi) is 3.75. The van der Waals surface area contributed by atoms with Gasteiger partial charge in [0.15, 0.2) is 0 Å². The molecule has 1 atom stereocenters. The molecule has 4 heteroatoms. The molecule has 0 saturated carbocycles. The summed E-state index contributed by atoms with van der Waals surface area (Å²) in [5.41, 5.74) is 5.57. The highest BCUT2D eigenvalue weighted by atomic mass is 32.1. The van der Waals surface area contributed by atoms with Gasteiger partial charge in [-0.05, 0) is 6.42 Å². The number of carbonyl (C=O) groups excluding carboxylic acids is 1. The normalized spacial score (nSPS) is 24.2. The molecule has 1 fully saturated rings. The second kappa shape index (κ2) is 3.83. The maximum atomic E-state index is 10.7. The Morgan fingerprint density at radius 3 is 2.50 bits per heavy atom. The van der Waals surface area contributed by atoms with Crippen LogP contribution in [0.2, 0.25) is 0 Å². The van der Waals surface area contributed by atoms with Gasteiger partial charge in [0.25, 0.3) is 0 Å². The van der Waals surface area contributed by atoms with Crippen molar-refractivity contribution in [2.24, 2.45) is 5.73 Å². The second-order valence-corrected chi connectivity index (χ2v) is 2.51. The van der Waals surface area contributed by atoms with Gasteiger partial charge in [0, 0.05) is 26.1 Å². The summed E-state index contributed by atoms with van der Waals surface area (Å²) >= 11 is 0. The van der Waals surface area contributed by atoms with Gasteiger partial charge in [-0.15, -0.1) is 0 Å². The Balaban J connectivity index is 0.000000810. The van der Waals surface area contributed by atoms with Gasteiger partial charge in [0.1, 0.15) is 0 Å². The minimum absolute atomic E-state index is 0. The third-order valence-electron chi connectivity index (χ3n) is 1.67. The fraction of sp³-hybridized carbons (Fsp3) is 0.833. The average molecular weight is 162 g/mol. The molecule has 1 amide bonds. The molecule has 0 bridgehead atoms. The van der Waals surface area contributed by atoms with Crippen LogP contribution in [0.1, 0.15) is 13.3 Å². The van der Waals surface area contributed by atoms with E-state index in [2.05, 4.69) is 0 Å². The van der Waals surface area contributed by atoms with Crippen LogP contribution >= 0.6 is 13.5 Å². The highest BCUT2D eigenvalue weighted by Crippen LogP contribution is 2.05. The molecule has 1 unspecified atom stereocenters. The van der Waals surface area contributed by atoms with Crippen molar-refractivity contribution in [1.29, 1.82) is 0 Å². The molecule has 1 rings (SSSR count). The maximum Gasteiger partial charge on any atom is 0.219 e. The number of rotatable bonds is 0. The van der Waals surface area contributed by atoms with Gasteiger partial charge in [-0.1, -0.05) is 0 Å². The second-order valence-electron chi connectivity index (χ2n) is 2.51. The summed E-state index contributed by atoms with van der Waals surface area (Å²) in [4.78, 5) is 12.4. The summed E-state index contributed by atoms with van der Waals surface area (Å²) in [5.74, 6) is 0.142. The third-order valence-corrected chi connectivity index (χ3v) is 1.67. The number of nitrogens with zero attached hydrogens (tertiary/aromatic N) is 1. The van der Waals surface area contributed by atoms with Gasteiger partial charge in [-0.2, -0.15) is 13.5 Å². The zero-order valence-electron chi connectivity index (χ0n) is 6.13. The molecular weight excluding hydrogens is 148 g/mol. The molecule has 3 nitrogen and oxygen atoms in total. The van der Waals surface area contributed by atoms with Crippen LogP contribution in [0.15, 0.2) is 0 Å². The fourth-order valence-corrected chi connectivity index (χ4v) is 1.07. The molecule has 0 aliphatic carbocycles. The lowest BCUT2D eigenvalue weighted by Gasteiger charge is -2.11. The predicted octanol–water partition coefficient (Wildman–Crippen LogP) is -0.321. The first kappa shape index (κ1) is 9.78. The van der Waals surface area contributed by atoms with E-state index >= 15 is 0 Å². The molecular formula is C6H14N2OS. The number of hydrogen-bond donors (Lipinski definition) is 1. The van der Waals surface area contributed by atoms with Gasteiger partial charge in [-0.25, -0.2) is 0 Å².